The van der Waals surface area contributed by atoms with Gasteiger partial charge in [-0.25, -0.2) is 0 Å². The molecule has 0 aliphatic rings. The van der Waals surface area contributed by atoms with E-state index in [9.17, 15) is 0 Å². The van der Waals surface area contributed by atoms with E-state index in [0.717, 1.165) is 34.1 Å². The lowest BCUT2D eigenvalue weighted by Gasteiger charge is -2.31. The van der Waals surface area contributed by atoms with Crippen LogP contribution in [-0.2, 0) is 0 Å². The highest BCUT2D eigenvalue weighted by Crippen LogP contribution is 2.47. The molecule has 9 aromatic rings. The normalized spacial score (nSPS) is 11.6. The molecule has 218 valence electrons. The lowest BCUT2D eigenvalue weighted by atomic mass is 10.1. The van der Waals surface area contributed by atoms with Gasteiger partial charge in [0, 0.05) is 44.3 Å². The molecule has 0 saturated carbocycles. The van der Waals surface area contributed by atoms with E-state index in [4.69, 9.17) is 11.6 Å². The van der Waals surface area contributed by atoms with E-state index in [1.165, 1.54) is 38.1 Å². The van der Waals surface area contributed by atoms with Crippen molar-refractivity contribution in [3.05, 3.63) is 175 Å². The van der Waals surface area contributed by atoms with Crippen LogP contribution in [-0.4, -0.2) is 4.40 Å². The number of anilines is 6. The summed E-state index contributed by atoms with van der Waals surface area (Å²) in [6.45, 7) is 0. The monoisotopic (exact) mass is 609 g/mol. The van der Waals surface area contributed by atoms with Crippen LogP contribution < -0.4 is 9.80 Å². The second-order valence-corrected chi connectivity index (χ2v) is 11.9. The molecule has 0 amide bonds. The first-order chi connectivity index (χ1) is 22.8. The van der Waals surface area contributed by atoms with Gasteiger partial charge in [0.2, 0.25) is 0 Å². The Kier molecular flexibility index (Phi) is 6.19. The molecular weight excluding hydrogens is 582 g/mol. The Balaban J connectivity index is 1.29. The Morgan fingerprint density at radius 2 is 0.826 bits per heavy atom. The van der Waals surface area contributed by atoms with Crippen LogP contribution in [0.25, 0.3) is 38.1 Å². The quantitative estimate of drug-likeness (QED) is 0.186. The average Bonchev–Trinajstić information content (AvgIpc) is 3.64. The number of fused-ring (bicyclic) bond motifs is 6. The molecule has 0 bridgehead atoms. The third-order valence-electron chi connectivity index (χ3n) is 8.95. The molecule has 2 aromatic heterocycles. The molecule has 0 fully saturated rings. The summed E-state index contributed by atoms with van der Waals surface area (Å²) in [5.41, 5.74) is 9.62. The van der Waals surface area contributed by atoms with Crippen LogP contribution >= 0.6 is 11.6 Å². The van der Waals surface area contributed by atoms with Crippen LogP contribution in [0.1, 0.15) is 0 Å². The van der Waals surface area contributed by atoms with Crippen molar-refractivity contribution in [3.63, 3.8) is 0 Å². The highest BCUT2D eigenvalue weighted by molar-refractivity contribution is 6.36. The highest BCUT2D eigenvalue weighted by Gasteiger charge is 2.23. The van der Waals surface area contributed by atoms with Crippen LogP contribution in [0.5, 0.6) is 0 Å². The van der Waals surface area contributed by atoms with Crippen LogP contribution in [0.4, 0.5) is 34.1 Å². The second-order valence-electron chi connectivity index (χ2n) is 11.5. The number of aromatic nitrogens is 1. The van der Waals surface area contributed by atoms with Gasteiger partial charge >= 0.3 is 0 Å². The zero-order valence-corrected chi connectivity index (χ0v) is 25.6. The Morgan fingerprint density at radius 3 is 1.41 bits per heavy atom. The predicted octanol–water partition coefficient (Wildman–Crippen LogP) is 12.4. The maximum atomic E-state index is 7.53. The minimum atomic E-state index is 0.664. The SMILES string of the molecule is Clc1c(N(c2ccccc2)c2ccccc2)cccc1N(c1ccccc1)c1ccc2c3cccc4c5ccccc5n(c2c1)c43. The summed E-state index contributed by atoms with van der Waals surface area (Å²) >= 11 is 7.53. The first kappa shape index (κ1) is 26.6. The summed E-state index contributed by atoms with van der Waals surface area (Å²) in [6.07, 6.45) is 0. The van der Waals surface area contributed by atoms with E-state index in [0.29, 0.717) is 5.02 Å². The van der Waals surface area contributed by atoms with Crippen molar-refractivity contribution < 1.29 is 0 Å². The van der Waals surface area contributed by atoms with Crippen LogP contribution in [0, 0.1) is 0 Å². The standard InChI is InChI=1S/C42H28ClN3/c43-41-38(44(29-14-4-1-5-15-29)30-16-6-2-7-17-30)24-13-25-39(41)45(31-18-8-3-9-19-31)32-26-27-34-36-22-12-21-35-33-20-10-11-23-37(33)46(42(35)36)40(34)28-32/h1-28H. The third-order valence-corrected chi connectivity index (χ3v) is 9.34. The fraction of sp³-hybridized carbons (Fsp3) is 0. The molecule has 0 saturated heterocycles. The van der Waals surface area contributed by atoms with Crippen molar-refractivity contribution in [3.8, 4) is 0 Å². The number of hydrogen-bond acceptors (Lipinski definition) is 2. The summed E-state index contributed by atoms with van der Waals surface area (Å²) in [6, 6.07) is 59.7. The third kappa shape index (κ3) is 4.06. The van der Waals surface area contributed by atoms with E-state index < -0.39 is 0 Å². The van der Waals surface area contributed by atoms with Crippen LogP contribution in [0.2, 0.25) is 5.02 Å². The maximum Gasteiger partial charge on any atom is 0.0887 e. The lowest BCUT2D eigenvalue weighted by molar-refractivity contribution is 1.25. The van der Waals surface area contributed by atoms with E-state index in [1.54, 1.807) is 0 Å². The summed E-state index contributed by atoms with van der Waals surface area (Å²) in [4.78, 5) is 4.49. The predicted molar refractivity (Wildman–Crippen MR) is 195 cm³/mol. The minimum absolute atomic E-state index is 0.664. The van der Waals surface area contributed by atoms with Gasteiger partial charge in [0.25, 0.3) is 0 Å². The molecule has 0 N–H and O–H groups in total. The number of benzene rings is 7. The van der Waals surface area contributed by atoms with Crippen molar-refractivity contribution in [2.75, 3.05) is 9.80 Å². The summed E-state index contributed by atoms with van der Waals surface area (Å²) in [7, 11) is 0. The topological polar surface area (TPSA) is 10.9 Å². The number of hydrogen-bond donors (Lipinski definition) is 0. The van der Waals surface area contributed by atoms with Crippen molar-refractivity contribution in [1.82, 2.24) is 4.40 Å². The van der Waals surface area contributed by atoms with Gasteiger partial charge in [0.15, 0.2) is 0 Å². The highest BCUT2D eigenvalue weighted by atomic mass is 35.5. The Hall–Kier alpha value is -5.77. The Bertz CT molecular complexity index is 2450. The molecule has 0 unspecified atom stereocenters. The van der Waals surface area contributed by atoms with Gasteiger partial charge in [0.05, 0.1) is 32.9 Å². The minimum Gasteiger partial charge on any atom is -0.309 e. The second kappa shape index (κ2) is 10.7. The molecule has 46 heavy (non-hydrogen) atoms. The van der Waals surface area contributed by atoms with Crippen LogP contribution in [0.3, 0.4) is 0 Å². The Morgan fingerprint density at radius 1 is 0.370 bits per heavy atom. The van der Waals surface area contributed by atoms with Crippen LogP contribution in [0.15, 0.2) is 170 Å². The largest absolute Gasteiger partial charge is 0.309 e. The van der Waals surface area contributed by atoms with Gasteiger partial charge in [0.1, 0.15) is 0 Å². The molecule has 2 heterocycles. The first-order valence-electron chi connectivity index (χ1n) is 15.5. The maximum absolute atomic E-state index is 7.53. The zero-order chi connectivity index (χ0) is 30.6. The van der Waals surface area contributed by atoms with Gasteiger partial charge in [-0.05, 0) is 66.7 Å². The number of para-hydroxylation sites is 5. The van der Waals surface area contributed by atoms with E-state index in [-0.39, 0.29) is 0 Å². The van der Waals surface area contributed by atoms with Crippen molar-refractivity contribution >= 4 is 83.8 Å². The summed E-state index contributed by atoms with van der Waals surface area (Å²) in [5.74, 6) is 0. The molecule has 0 spiro atoms. The molecule has 7 aromatic carbocycles. The molecule has 0 aliphatic heterocycles. The lowest BCUT2D eigenvalue weighted by Crippen LogP contribution is -2.14. The van der Waals surface area contributed by atoms with Gasteiger partial charge in [-0.3, -0.25) is 0 Å². The van der Waals surface area contributed by atoms with Gasteiger partial charge in [-0.15, -0.1) is 0 Å². The first-order valence-corrected chi connectivity index (χ1v) is 15.9. The molecule has 0 aliphatic carbocycles. The summed E-state index contributed by atoms with van der Waals surface area (Å²) < 4.78 is 2.42. The van der Waals surface area contributed by atoms with E-state index in [1.807, 2.05) is 18.2 Å². The fourth-order valence-corrected chi connectivity index (χ4v) is 7.29. The number of nitrogens with zero attached hydrogens (tertiary/aromatic N) is 3. The summed E-state index contributed by atoms with van der Waals surface area (Å²) in [5, 5.41) is 5.72. The van der Waals surface area contributed by atoms with Gasteiger partial charge < -0.3 is 14.2 Å². The molecule has 4 heteroatoms. The smallest absolute Gasteiger partial charge is 0.0887 e. The molecule has 0 atom stereocenters. The molecular formula is C42H28ClN3. The Labute approximate surface area is 272 Å². The van der Waals surface area contributed by atoms with Gasteiger partial charge in [-0.1, -0.05) is 115 Å². The molecule has 0 radical (unpaired) electrons. The number of halogens is 1. The van der Waals surface area contributed by atoms with Crippen molar-refractivity contribution in [1.29, 1.82) is 0 Å². The fourth-order valence-electron chi connectivity index (χ4n) is 7.00. The van der Waals surface area contributed by atoms with Crippen molar-refractivity contribution in [2.24, 2.45) is 0 Å². The molecule has 3 nitrogen and oxygen atoms in total. The van der Waals surface area contributed by atoms with E-state index >= 15 is 0 Å². The average molecular weight is 610 g/mol. The van der Waals surface area contributed by atoms with Gasteiger partial charge in [-0.2, -0.15) is 0 Å². The molecule has 9 rings (SSSR count). The van der Waals surface area contributed by atoms with Crippen molar-refractivity contribution in [2.45, 2.75) is 0 Å². The number of rotatable bonds is 6. The zero-order valence-electron chi connectivity index (χ0n) is 24.9. The van der Waals surface area contributed by atoms with E-state index in [2.05, 4.69) is 166 Å².